The third kappa shape index (κ3) is 4.19. The summed E-state index contributed by atoms with van der Waals surface area (Å²) in [6.07, 6.45) is 0.785. The zero-order valence-corrected chi connectivity index (χ0v) is 18.3. The largest absolute Gasteiger partial charge is 0.496 e. The number of fused-ring (bicyclic) bond motifs is 1. The summed E-state index contributed by atoms with van der Waals surface area (Å²) < 4.78 is 11.9. The summed E-state index contributed by atoms with van der Waals surface area (Å²) in [5.41, 5.74) is 2.73. The Morgan fingerprint density at radius 1 is 1.24 bits per heavy atom. The first-order chi connectivity index (χ1) is 13.9. The number of ether oxygens (including phenoxy) is 2. The van der Waals surface area contributed by atoms with Crippen molar-refractivity contribution in [3.63, 3.8) is 0 Å². The summed E-state index contributed by atoms with van der Waals surface area (Å²) in [5.74, 6) is 1.26. The number of rotatable bonds is 7. The van der Waals surface area contributed by atoms with Gasteiger partial charge in [0, 0.05) is 35.4 Å². The molecule has 0 aliphatic carbocycles. The number of aryl methyl sites for hydroxylation is 1. The lowest BCUT2D eigenvalue weighted by molar-refractivity contribution is -0.140. The fraction of sp³-hybridized carbons (Fsp3) is 0.409. The molecule has 0 spiro atoms. The van der Waals surface area contributed by atoms with Gasteiger partial charge in [0.1, 0.15) is 16.4 Å². The molecule has 29 heavy (non-hydrogen) atoms. The van der Waals surface area contributed by atoms with Gasteiger partial charge in [0.15, 0.2) is 0 Å². The molecular formula is C22H26N2O4S. The van der Waals surface area contributed by atoms with Crippen LogP contribution < -0.4 is 10.3 Å². The van der Waals surface area contributed by atoms with Crippen LogP contribution in [-0.4, -0.2) is 29.7 Å². The zero-order valence-electron chi connectivity index (χ0n) is 17.4. The molecule has 2 heterocycles. The predicted molar refractivity (Wildman–Crippen MR) is 116 cm³/mol. The van der Waals surface area contributed by atoms with Gasteiger partial charge in [-0.3, -0.25) is 14.2 Å². The zero-order chi connectivity index (χ0) is 21.1. The van der Waals surface area contributed by atoms with E-state index in [-0.39, 0.29) is 23.9 Å². The number of carbonyl (C=O) groups excluding carboxylic acids is 1. The van der Waals surface area contributed by atoms with Gasteiger partial charge in [0.05, 0.1) is 19.6 Å². The predicted octanol–water partition coefficient (Wildman–Crippen LogP) is 4.52. The Hall–Kier alpha value is -2.67. The summed E-state index contributed by atoms with van der Waals surface area (Å²) in [4.78, 5) is 30.5. The molecule has 0 radical (unpaired) electrons. The van der Waals surface area contributed by atoms with E-state index in [1.165, 1.54) is 18.4 Å². The summed E-state index contributed by atoms with van der Waals surface area (Å²) in [6.45, 7) is 6.47. The van der Waals surface area contributed by atoms with Crippen molar-refractivity contribution in [2.45, 2.75) is 46.1 Å². The van der Waals surface area contributed by atoms with Crippen LogP contribution in [-0.2, 0) is 16.1 Å². The maximum Gasteiger partial charge on any atom is 0.305 e. The van der Waals surface area contributed by atoms with Crippen LogP contribution in [0.3, 0.4) is 0 Å². The van der Waals surface area contributed by atoms with Crippen molar-refractivity contribution in [3.05, 3.63) is 45.3 Å². The molecule has 0 unspecified atom stereocenters. The van der Waals surface area contributed by atoms with E-state index in [1.54, 1.807) is 11.7 Å². The van der Waals surface area contributed by atoms with Gasteiger partial charge in [0.2, 0.25) is 0 Å². The first-order valence-electron chi connectivity index (χ1n) is 9.61. The highest BCUT2D eigenvalue weighted by Gasteiger charge is 2.20. The topological polar surface area (TPSA) is 70.4 Å². The fourth-order valence-corrected chi connectivity index (χ4v) is 4.35. The molecule has 0 saturated heterocycles. The van der Waals surface area contributed by atoms with Crippen LogP contribution in [0.2, 0.25) is 0 Å². The Kier molecular flexibility index (Phi) is 6.37. The van der Waals surface area contributed by atoms with Crippen LogP contribution in [0.15, 0.2) is 28.4 Å². The second-order valence-electron chi connectivity index (χ2n) is 7.29. The van der Waals surface area contributed by atoms with Gasteiger partial charge in [-0.2, -0.15) is 0 Å². The molecule has 0 bridgehead atoms. The Bertz CT molecular complexity index is 1100. The molecule has 6 nitrogen and oxygen atoms in total. The van der Waals surface area contributed by atoms with Gasteiger partial charge in [0.25, 0.3) is 5.56 Å². The molecule has 0 N–H and O–H groups in total. The highest BCUT2D eigenvalue weighted by atomic mass is 32.1. The SMILES string of the molecule is COC(=O)CCCn1c(C(C)C)nc2scc(-c3cc(C)ccc3OC)c2c1=O. The molecule has 0 fully saturated rings. The average molecular weight is 415 g/mol. The second-order valence-corrected chi connectivity index (χ2v) is 8.15. The number of methoxy groups -OCH3 is 2. The smallest absolute Gasteiger partial charge is 0.305 e. The summed E-state index contributed by atoms with van der Waals surface area (Å²) in [7, 11) is 3.00. The van der Waals surface area contributed by atoms with E-state index in [0.717, 1.165) is 33.1 Å². The number of nitrogens with zero attached hydrogens (tertiary/aromatic N) is 2. The number of esters is 1. The third-order valence-electron chi connectivity index (χ3n) is 4.88. The molecule has 3 aromatic rings. The molecule has 0 aliphatic rings. The van der Waals surface area contributed by atoms with E-state index in [9.17, 15) is 9.59 Å². The molecule has 0 aliphatic heterocycles. The van der Waals surface area contributed by atoms with Gasteiger partial charge in [-0.1, -0.05) is 25.5 Å². The number of hydrogen-bond donors (Lipinski definition) is 0. The maximum absolute atomic E-state index is 13.5. The van der Waals surface area contributed by atoms with Crippen molar-refractivity contribution < 1.29 is 14.3 Å². The monoisotopic (exact) mass is 414 g/mol. The first-order valence-corrected chi connectivity index (χ1v) is 10.5. The first kappa shape index (κ1) is 21.0. The van der Waals surface area contributed by atoms with Gasteiger partial charge in [-0.05, 0) is 25.5 Å². The minimum absolute atomic E-state index is 0.0802. The Balaban J connectivity index is 2.17. The van der Waals surface area contributed by atoms with Gasteiger partial charge < -0.3 is 9.47 Å². The highest BCUT2D eigenvalue weighted by molar-refractivity contribution is 7.17. The molecule has 0 amide bonds. The van der Waals surface area contributed by atoms with E-state index in [1.807, 2.05) is 44.4 Å². The minimum Gasteiger partial charge on any atom is -0.496 e. The number of aromatic nitrogens is 2. The Morgan fingerprint density at radius 2 is 2.00 bits per heavy atom. The molecule has 154 valence electrons. The van der Waals surface area contributed by atoms with E-state index >= 15 is 0 Å². The van der Waals surface area contributed by atoms with Crippen LogP contribution in [0.1, 0.15) is 44.0 Å². The summed E-state index contributed by atoms with van der Waals surface area (Å²) in [5, 5.41) is 2.57. The Morgan fingerprint density at radius 3 is 2.66 bits per heavy atom. The summed E-state index contributed by atoms with van der Waals surface area (Å²) in [6, 6.07) is 5.92. The number of hydrogen-bond acceptors (Lipinski definition) is 6. The van der Waals surface area contributed by atoms with Crippen molar-refractivity contribution in [3.8, 4) is 16.9 Å². The van der Waals surface area contributed by atoms with Crippen molar-refractivity contribution in [1.82, 2.24) is 9.55 Å². The van der Waals surface area contributed by atoms with Crippen molar-refractivity contribution in [1.29, 1.82) is 0 Å². The quantitative estimate of drug-likeness (QED) is 0.532. The molecule has 0 atom stereocenters. The van der Waals surface area contributed by atoms with Gasteiger partial charge >= 0.3 is 5.97 Å². The van der Waals surface area contributed by atoms with Crippen LogP contribution in [0.4, 0.5) is 0 Å². The van der Waals surface area contributed by atoms with Crippen LogP contribution in [0.25, 0.3) is 21.3 Å². The van der Waals surface area contributed by atoms with Crippen LogP contribution >= 0.6 is 11.3 Å². The maximum atomic E-state index is 13.5. The van der Waals surface area contributed by atoms with E-state index in [2.05, 4.69) is 0 Å². The highest BCUT2D eigenvalue weighted by Crippen LogP contribution is 2.37. The average Bonchev–Trinajstić information content (AvgIpc) is 3.13. The molecule has 7 heteroatoms. The van der Waals surface area contributed by atoms with E-state index < -0.39 is 0 Å². The lowest BCUT2D eigenvalue weighted by atomic mass is 10.0. The lowest BCUT2D eigenvalue weighted by Crippen LogP contribution is -2.26. The van der Waals surface area contributed by atoms with Crippen molar-refractivity contribution >= 4 is 27.5 Å². The molecule has 3 rings (SSSR count). The summed E-state index contributed by atoms with van der Waals surface area (Å²) >= 11 is 1.47. The van der Waals surface area contributed by atoms with Crippen LogP contribution in [0, 0.1) is 6.92 Å². The molecule has 1 aromatic carbocycles. The van der Waals surface area contributed by atoms with E-state index in [4.69, 9.17) is 14.5 Å². The molecule has 2 aromatic heterocycles. The van der Waals surface area contributed by atoms with Crippen LogP contribution in [0.5, 0.6) is 5.75 Å². The van der Waals surface area contributed by atoms with Crippen molar-refractivity contribution in [2.75, 3.05) is 14.2 Å². The normalized spacial score (nSPS) is 11.2. The van der Waals surface area contributed by atoms with Gasteiger partial charge in [-0.25, -0.2) is 4.98 Å². The number of thiophene rings is 1. The number of benzene rings is 1. The Labute approximate surface area is 174 Å². The van der Waals surface area contributed by atoms with Gasteiger partial charge in [-0.15, -0.1) is 11.3 Å². The lowest BCUT2D eigenvalue weighted by Gasteiger charge is -2.15. The fourth-order valence-electron chi connectivity index (χ4n) is 3.41. The molecule has 0 saturated carbocycles. The second kappa shape index (κ2) is 8.78. The van der Waals surface area contributed by atoms with Crippen molar-refractivity contribution in [2.24, 2.45) is 0 Å². The standard InChI is InChI=1S/C22H26N2O4S/c1-13(2)20-23-21-19(22(26)24(20)10-6-7-18(25)28-5)16(12-29-21)15-11-14(3)8-9-17(15)27-4/h8-9,11-13H,6-7,10H2,1-5H3. The minimum atomic E-state index is -0.279. The third-order valence-corrected chi connectivity index (χ3v) is 5.75. The van der Waals surface area contributed by atoms with E-state index in [0.29, 0.717) is 18.4 Å². The molecular weight excluding hydrogens is 388 g/mol. The number of carbonyl (C=O) groups is 1.